The smallest absolute Gasteiger partial charge is 0.243 e. The van der Waals surface area contributed by atoms with E-state index in [1.165, 1.54) is 13.2 Å². The molecule has 5 nitrogen and oxygen atoms in total. The Morgan fingerprint density at radius 1 is 1.27 bits per heavy atom. The van der Waals surface area contributed by atoms with Gasteiger partial charge in [-0.25, -0.2) is 8.42 Å². The predicted molar refractivity (Wildman–Crippen MR) is 85.9 cm³/mol. The van der Waals surface area contributed by atoms with Gasteiger partial charge >= 0.3 is 0 Å². The Labute approximate surface area is 136 Å². The van der Waals surface area contributed by atoms with Crippen LogP contribution in [0.3, 0.4) is 0 Å². The summed E-state index contributed by atoms with van der Waals surface area (Å²) in [5.41, 5.74) is 0.148. The number of nitrogens with zero attached hydrogens (tertiary/aromatic N) is 1. The number of piperidine rings is 1. The molecular weight excluding hydrogens is 324 g/mol. The van der Waals surface area contributed by atoms with Crippen molar-refractivity contribution in [1.82, 2.24) is 9.62 Å². The van der Waals surface area contributed by atoms with E-state index in [1.54, 1.807) is 16.4 Å². The van der Waals surface area contributed by atoms with Crippen LogP contribution in [0.15, 0.2) is 23.1 Å². The first-order valence-electron chi connectivity index (χ1n) is 7.51. The van der Waals surface area contributed by atoms with Gasteiger partial charge in [0.05, 0.1) is 17.0 Å². The molecule has 0 amide bonds. The summed E-state index contributed by atoms with van der Waals surface area (Å²) in [5.74, 6) is 0.388. The molecule has 1 aromatic rings. The van der Waals surface area contributed by atoms with Gasteiger partial charge in [-0.05, 0) is 49.9 Å². The van der Waals surface area contributed by atoms with Gasteiger partial charge in [0.15, 0.2) is 0 Å². The summed E-state index contributed by atoms with van der Waals surface area (Å²) < 4.78 is 32.4. The van der Waals surface area contributed by atoms with Crippen molar-refractivity contribution in [1.29, 1.82) is 0 Å². The Balaban J connectivity index is 1.84. The van der Waals surface area contributed by atoms with Gasteiger partial charge in [-0.15, -0.1) is 0 Å². The SMILES string of the molecule is COc1cc(S(=O)(=O)N2CCC3(CCNCC3)C2)ccc1Cl. The zero-order chi connectivity index (χ0) is 15.8. The van der Waals surface area contributed by atoms with Gasteiger partial charge in [-0.3, -0.25) is 0 Å². The van der Waals surface area contributed by atoms with Crippen LogP contribution in [0.2, 0.25) is 5.02 Å². The van der Waals surface area contributed by atoms with Gasteiger partial charge in [0.2, 0.25) is 10.0 Å². The number of ether oxygens (including phenoxy) is 1. The third-order valence-electron chi connectivity index (χ3n) is 4.83. The van der Waals surface area contributed by atoms with E-state index in [4.69, 9.17) is 16.3 Å². The minimum atomic E-state index is -3.49. The minimum Gasteiger partial charge on any atom is -0.495 e. The number of halogens is 1. The summed E-state index contributed by atoms with van der Waals surface area (Å²) in [5, 5.41) is 3.76. The number of benzene rings is 1. The lowest BCUT2D eigenvalue weighted by atomic mass is 9.78. The molecule has 7 heteroatoms. The van der Waals surface area contributed by atoms with E-state index in [0.29, 0.717) is 23.9 Å². The van der Waals surface area contributed by atoms with E-state index < -0.39 is 10.0 Å². The Morgan fingerprint density at radius 3 is 2.68 bits per heavy atom. The standard InChI is InChI=1S/C15H21ClN2O3S/c1-21-14-10-12(2-3-13(14)16)22(19,20)18-9-6-15(11-18)4-7-17-8-5-15/h2-3,10,17H,4-9,11H2,1H3. The average Bonchev–Trinajstić information content (AvgIpc) is 2.92. The van der Waals surface area contributed by atoms with Crippen molar-refractivity contribution in [2.75, 3.05) is 33.3 Å². The molecule has 0 saturated carbocycles. The molecule has 0 atom stereocenters. The molecule has 22 heavy (non-hydrogen) atoms. The lowest BCUT2D eigenvalue weighted by molar-refractivity contribution is 0.218. The summed E-state index contributed by atoms with van der Waals surface area (Å²) in [4.78, 5) is 0.250. The number of methoxy groups -OCH3 is 1. The van der Waals surface area contributed by atoms with E-state index in [9.17, 15) is 8.42 Å². The van der Waals surface area contributed by atoms with Crippen molar-refractivity contribution >= 4 is 21.6 Å². The summed E-state index contributed by atoms with van der Waals surface area (Å²) >= 11 is 5.98. The monoisotopic (exact) mass is 344 g/mol. The van der Waals surface area contributed by atoms with Crippen LogP contribution in [0.1, 0.15) is 19.3 Å². The summed E-state index contributed by atoms with van der Waals surface area (Å²) in [6.07, 6.45) is 3.03. The molecule has 1 aromatic carbocycles. The maximum atomic E-state index is 12.9. The lowest BCUT2D eigenvalue weighted by Crippen LogP contribution is -2.39. The zero-order valence-corrected chi connectivity index (χ0v) is 14.2. The molecule has 1 spiro atoms. The highest BCUT2D eigenvalue weighted by molar-refractivity contribution is 7.89. The lowest BCUT2D eigenvalue weighted by Gasteiger charge is -2.33. The first-order chi connectivity index (χ1) is 10.5. The molecule has 2 saturated heterocycles. The number of hydrogen-bond donors (Lipinski definition) is 1. The Morgan fingerprint density at radius 2 is 2.00 bits per heavy atom. The van der Waals surface area contributed by atoms with E-state index in [2.05, 4.69) is 5.32 Å². The molecule has 2 aliphatic heterocycles. The van der Waals surface area contributed by atoms with E-state index in [1.807, 2.05) is 0 Å². The van der Waals surface area contributed by atoms with Crippen molar-refractivity contribution < 1.29 is 13.2 Å². The molecule has 0 aromatic heterocycles. The van der Waals surface area contributed by atoms with E-state index in [0.717, 1.165) is 32.4 Å². The van der Waals surface area contributed by atoms with Crippen LogP contribution in [-0.4, -0.2) is 46.0 Å². The first-order valence-corrected chi connectivity index (χ1v) is 9.33. The molecule has 0 bridgehead atoms. The first kappa shape index (κ1) is 16.1. The second-order valence-corrected chi connectivity index (χ2v) is 8.48. The quantitative estimate of drug-likeness (QED) is 0.912. The summed E-state index contributed by atoms with van der Waals surface area (Å²) in [7, 11) is -2.01. The van der Waals surface area contributed by atoms with Gasteiger partial charge in [0, 0.05) is 19.2 Å². The molecule has 2 fully saturated rings. The topological polar surface area (TPSA) is 58.6 Å². The van der Waals surface area contributed by atoms with Crippen molar-refractivity contribution in [2.45, 2.75) is 24.2 Å². The highest BCUT2D eigenvalue weighted by Crippen LogP contribution is 2.41. The van der Waals surface area contributed by atoms with Gasteiger partial charge in [-0.1, -0.05) is 11.6 Å². The fourth-order valence-corrected chi connectivity index (χ4v) is 5.18. The molecule has 0 radical (unpaired) electrons. The fourth-order valence-electron chi connectivity index (χ4n) is 3.41. The third-order valence-corrected chi connectivity index (χ3v) is 6.98. The van der Waals surface area contributed by atoms with Crippen LogP contribution in [0.5, 0.6) is 5.75 Å². The summed E-state index contributed by atoms with van der Waals surface area (Å²) in [6, 6.07) is 4.63. The van der Waals surface area contributed by atoms with Gasteiger partial charge in [-0.2, -0.15) is 4.31 Å². The van der Waals surface area contributed by atoms with Gasteiger partial charge < -0.3 is 10.1 Å². The van der Waals surface area contributed by atoms with Crippen LogP contribution in [0.4, 0.5) is 0 Å². The van der Waals surface area contributed by atoms with Crippen molar-refractivity contribution in [3.05, 3.63) is 23.2 Å². The third kappa shape index (κ3) is 2.85. The van der Waals surface area contributed by atoms with E-state index in [-0.39, 0.29) is 10.3 Å². The van der Waals surface area contributed by atoms with Crippen LogP contribution >= 0.6 is 11.6 Å². The number of sulfonamides is 1. The largest absolute Gasteiger partial charge is 0.495 e. The van der Waals surface area contributed by atoms with Crippen LogP contribution in [-0.2, 0) is 10.0 Å². The molecule has 0 aliphatic carbocycles. The number of hydrogen-bond acceptors (Lipinski definition) is 4. The molecule has 2 heterocycles. The fraction of sp³-hybridized carbons (Fsp3) is 0.600. The minimum absolute atomic E-state index is 0.148. The van der Waals surface area contributed by atoms with Crippen molar-refractivity contribution in [3.63, 3.8) is 0 Å². The highest BCUT2D eigenvalue weighted by atomic mass is 35.5. The van der Waals surface area contributed by atoms with Crippen molar-refractivity contribution in [3.8, 4) is 5.75 Å². The van der Waals surface area contributed by atoms with Crippen LogP contribution < -0.4 is 10.1 Å². The Bertz CT molecular complexity index is 657. The molecule has 3 rings (SSSR count). The van der Waals surface area contributed by atoms with E-state index >= 15 is 0 Å². The Hall–Kier alpha value is -0.820. The maximum Gasteiger partial charge on any atom is 0.243 e. The molecule has 0 unspecified atom stereocenters. The summed E-state index contributed by atoms with van der Waals surface area (Å²) in [6.45, 7) is 3.15. The number of nitrogens with one attached hydrogen (secondary N) is 1. The van der Waals surface area contributed by atoms with Gasteiger partial charge in [0.25, 0.3) is 0 Å². The highest BCUT2D eigenvalue weighted by Gasteiger charge is 2.43. The normalized spacial score (nSPS) is 22.1. The second kappa shape index (κ2) is 6.00. The Kier molecular flexibility index (Phi) is 4.38. The average molecular weight is 345 g/mol. The molecule has 2 aliphatic rings. The van der Waals surface area contributed by atoms with Crippen LogP contribution in [0.25, 0.3) is 0 Å². The maximum absolute atomic E-state index is 12.9. The molecule has 1 N–H and O–H groups in total. The van der Waals surface area contributed by atoms with Gasteiger partial charge in [0.1, 0.15) is 5.75 Å². The predicted octanol–water partition coefficient (Wildman–Crippen LogP) is 2.11. The number of rotatable bonds is 3. The van der Waals surface area contributed by atoms with Crippen molar-refractivity contribution in [2.24, 2.45) is 5.41 Å². The molecule has 122 valence electrons. The van der Waals surface area contributed by atoms with Crippen LogP contribution in [0, 0.1) is 5.41 Å². The molecular formula is C15H21ClN2O3S. The zero-order valence-electron chi connectivity index (χ0n) is 12.6. The second-order valence-electron chi connectivity index (χ2n) is 6.13.